The van der Waals surface area contributed by atoms with E-state index < -0.39 is 0 Å². The molecule has 0 aromatic heterocycles. The van der Waals surface area contributed by atoms with Crippen molar-refractivity contribution in [2.45, 2.75) is 18.7 Å². The molecule has 0 radical (unpaired) electrons. The lowest BCUT2D eigenvalue weighted by Crippen LogP contribution is -2.29. The van der Waals surface area contributed by atoms with Crippen molar-refractivity contribution in [2.24, 2.45) is 4.99 Å². The summed E-state index contributed by atoms with van der Waals surface area (Å²) < 4.78 is 0. The van der Waals surface area contributed by atoms with E-state index in [0.29, 0.717) is 10.1 Å². The maximum atomic E-state index is 13.7. The van der Waals surface area contributed by atoms with Crippen molar-refractivity contribution >= 4 is 51.7 Å². The molecule has 0 saturated carbocycles. The molecule has 3 aromatic carbocycles. The van der Waals surface area contributed by atoms with Crippen LogP contribution < -0.4 is 9.80 Å². The molecule has 1 fully saturated rings. The van der Waals surface area contributed by atoms with Gasteiger partial charge in [0.15, 0.2) is 5.17 Å². The van der Waals surface area contributed by atoms with Gasteiger partial charge in [-0.25, -0.2) is 4.99 Å². The summed E-state index contributed by atoms with van der Waals surface area (Å²) >= 11 is 3.08. The Balaban J connectivity index is 1.61. The van der Waals surface area contributed by atoms with E-state index in [2.05, 4.69) is 24.0 Å². The summed E-state index contributed by atoms with van der Waals surface area (Å²) in [5.74, 6) is -0.0399. The predicted octanol–water partition coefficient (Wildman–Crippen LogP) is 6.48. The van der Waals surface area contributed by atoms with Crippen LogP contribution in [-0.2, 0) is 4.79 Å². The lowest BCUT2D eigenvalue weighted by molar-refractivity contribution is -0.113. The summed E-state index contributed by atoms with van der Waals surface area (Å²) in [6, 6.07) is 24.3. The molecule has 0 unspecified atom stereocenters. The zero-order valence-corrected chi connectivity index (χ0v) is 19.1. The molecule has 154 valence electrons. The fraction of sp³-hybridized carbons (Fsp3) is 0.120. The Labute approximate surface area is 190 Å². The van der Waals surface area contributed by atoms with Crippen molar-refractivity contribution in [3.05, 3.63) is 93.9 Å². The average molecular weight is 444 g/mol. The van der Waals surface area contributed by atoms with Crippen LogP contribution in [0.1, 0.15) is 11.1 Å². The Bertz CT molecular complexity index is 1230. The third-order valence-corrected chi connectivity index (χ3v) is 7.66. The number of fused-ring (bicyclic) bond motifs is 1. The number of hydrogen-bond donors (Lipinski definition) is 0. The smallest absolute Gasteiger partial charge is 0.274 e. The molecule has 5 rings (SSSR count). The normalized spacial score (nSPS) is 19.5. The molecule has 2 aliphatic rings. The molecule has 1 saturated heterocycles. The van der Waals surface area contributed by atoms with E-state index in [1.165, 1.54) is 17.3 Å². The molecule has 0 N–H and O–H groups in total. The Hall–Kier alpha value is -2.96. The molecule has 6 heteroatoms. The van der Waals surface area contributed by atoms with Gasteiger partial charge in [-0.1, -0.05) is 59.3 Å². The molecule has 0 atom stereocenters. The van der Waals surface area contributed by atoms with Crippen LogP contribution in [0, 0.1) is 13.8 Å². The SMILES string of the molecule is Cc1ccc(N=C2SC(=C3Sc4ccccc4N3C)C(=O)N2c2ccc(C)cc2)cc1. The molecule has 0 spiro atoms. The van der Waals surface area contributed by atoms with Gasteiger partial charge < -0.3 is 4.90 Å². The molecule has 2 aliphatic heterocycles. The number of thioether (sulfide) groups is 2. The van der Waals surface area contributed by atoms with Crippen molar-refractivity contribution in [3.63, 3.8) is 0 Å². The monoisotopic (exact) mass is 443 g/mol. The number of aryl methyl sites for hydroxylation is 2. The fourth-order valence-corrected chi connectivity index (χ4v) is 5.88. The van der Waals surface area contributed by atoms with Gasteiger partial charge in [0.1, 0.15) is 4.91 Å². The Morgan fingerprint density at radius 1 is 0.806 bits per heavy atom. The Morgan fingerprint density at radius 3 is 2.13 bits per heavy atom. The zero-order valence-electron chi connectivity index (χ0n) is 17.5. The summed E-state index contributed by atoms with van der Waals surface area (Å²) in [7, 11) is 2.01. The predicted molar refractivity (Wildman–Crippen MR) is 132 cm³/mol. The van der Waals surface area contributed by atoms with E-state index in [1.54, 1.807) is 16.7 Å². The van der Waals surface area contributed by atoms with Gasteiger partial charge in [-0.2, -0.15) is 0 Å². The van der Waals surface area contributed by atoms with Crippen molar-refractivity contribution < 1.29 is 4.79 Å². The fourth-order valence-electron chi connectivity index (χ4n) is 3.53. The molecule has 3 aromatic rings. The number of carbonyl (C=O) groups excluding carboxylic acids is 1. The molecule has 2 heterocycles. The van der Waals surface area contributed by atoms with Crippen LogP contribution in [0.5, 0.6) is 0 Å². The maximum Gasteiger partial charge on any atom is 0.274 e. The van der Waals surface area contributed by atoms with Crippen molar-refractivity contribution in [2.75, 3.05) is 16.8 Å². The highest BCUT2D eigenvalue weighted by molar-refractivity contribution is 8.20. The van der Waals surface area contributed by atoms with Gasteiger partial charge in [0, 0.05) is 11.9 Å². The van der Waals surface area contributed by atoms with E-state index >= 15 is 0 Å². The van der Waals surface area contributed by atoms with E-state index in [4.69, 9.17) is 4.99 Å². The highest BCUT2D eigenvalue weighted by Gasteiger charge is 2.40. The largest absolute Gasteiger partial charge is 0.337 e. The third kappa shape index (κ3) is 3.66. The summed E-state index contributed by atoms with van der Waals surface area (Å²) in [5.41, 5.74) is 5.11. The number of para-hydroxylation sites is 1. The number of amidine groups is 1. The quantitative estimate of drug-likeness (QED) is 0.425. The number of hydrogen-bond acceptors (Lipinski definition) is 5. The number of anilines is 2. The summed E-state index contributed by atoms with van der Waals surface area (Å²) in [5, 5.41) is 1.62. The van der Waals surface area contributed by atoms with Crippen LogP contribution in [0.15, 0.2) is 92.6 Å². The second kappa shape index (κ2) is 7.94. The lowest BCUT2D eigenvalue weighted by Gasteiger charge is -2.17. The zero-order chi connectivity index (χ0) is 21.5. The van der Waals surface area contributed by atoms with Gasteiger partial charge in [0.25, 0.3) is 5.91 Å². The first-order valence-corrected chi connectivity index (χ1v) is 11.6. The van der Waals surface area contributed by atoms with Gasteiger partial charge in [-0.15, -0.1) is 0 Å². The third-order valence-electron chi connectivity index (χ3n) is 5.26. The Kier molecular flexibility index (Phi) is 5.12. The molecule has 31 heavy (non-hydrogen) atoms. The molecule has 4 nitrogen and oxygen atoms in total. The van der Waals surface area contributed by atoms with Crippen LogP contribution >= 0.6 is 23.5 Å². The van der Waals surface area contributed by atoms with Gasteiger partial charge in [0.05, 0.1) is 22.1 Å². The van der Waals surface area contributed by atoms with Crippen molar-refractivity contribution in [3.8, 4) is 0 Å². The molecular weight excluding hydrogens is 422 g/mol. The van der Waals surface area contributed by atoms with Crippen LogP contribution in [0.25, 0.3) is 0 Å². The van der Waals surface area contributed by atoms with Gasteiger partial charge in [0.2, 0.25) is 0 Å². The van der Waals surface area contributed by atoms with E-state index in [1.807, 2.05) is 74.6 Å². The minimum atomic E-state index is -0.0399. The van der Waals surface area contributed by atoms with Crippen molar-refractivity contribution in [1.29, 1.82) is 0 Å². The molecule has 1 amide bonds. The average Bonchev–Trinajstić information content (AvgIpc) is 3.27. The first kappa shape index (κ1) is 20.0. The highest BCUT2D eigenvalue weighted by Crippen LogP contribution is 2.50. The number of amides is 1. The molecular formula is C25H21N3OS2. The number of benzene rings is 3. The van der Waals surface area contributed by atoms with E-state index in [9.17, 15) is 4.79 Å². The van der Waals surface area contributed by atoms with Gasteiger partial charge in [-0.05, 0) is 62.0 Å². The molecule has 0 aliphatic carbocycles. The standard InChI is InChI=1S/C25H21N3OS2/c1-16-8-12-18(13-9-16)26-25-28(19-14-10-17(2)11-15-19)23(29)22(31-25)24-27(3)20-6-4-5-7-21(20)30-24/h4-15H,1-3H3. The number of aliphatic imine (C=N–C) groups is 1. The molecule has 0 bridgehead atoms. The van der Waals surface area contributed by atoms with Crippen LogP contribution in [-0.4, -0.2) is 18.1 Å². The van der Waals surface area contributed by atoms with Crippen molar-refractivity contribution in [1.82, 2.24) is 0 Å². The van der Waals surface area contributed by atoms with Crippen LogP contribution in [0.2, 0.25) is 0 Å². The number of rotatable bonds is 2. The second-order valence-corrected chi connectivity index (χ2v) is 9.58. The number of carbonyl (C=O) groups is 1. The first-order valence-electron chi connectivity index (χ1n) is 10.0. The highest BCUT2D eigenvalue weighted by atomic mass is 32.2. The maximum absolute atomic E-state index is 13.7. The van der Waals surface area contributed by atoms with Gasteiger partial charge >= 0.3 is 0 Å². The summed E-state index contributed by atoms with van der Waals surface area (Å²) in [6.07, 6.45) is 0. The minimum absolute atomic E-state index is 0.0399. The summed E-state index contributed by atoms with van der Waals surface area (Å²) in [6.45, 7) is 4.09. The van der Waals surface area contributed by atoms with Crippen LogP contribution in [0.3, 0.4) is 0 Å². The topological polar surface area (TPSA) is 35.9 Å². The van der Waals surface area contributed by atoms with Crippen LogP contribution in [0.4, 0.5) is 17.1 Å². The number of nitrogens with zero attached hydrogens (tertiary/aromatic N) is 3. The van der Waals surface area contributed by atoms with Gasteiger partial charge in [-0.3, -0.25) is 9.69 Å². The Morgan fingerprint density at radius 2 is 1.45 bits per heavy atom. The minimum Gasteiger partial charge on any atom is -0.337 e. The van der Waals surface area contributed by atoms with E-state index in [0.717, 1.165) is 32.6 Å². The second-order valence-electron chi connectivity index (χ2n) is 7.57. The lowest BCUT2D eigenvalue weighted by atomic mass is 10.2. The van der Waals surface area contributed by atoms with E-state index in [-0.39, 0.29) is 5.91 Å². The first-order chi connectivity index (χ1) is 15.0. The summed E-state index contributed by atoms with van der Waals surface area (Å²) in [4.78, 5) is 24.2.